The van der Waals surface area contributed by atoms with Crippen LogP contribution in [0.15, 0.2) is 78.9 Å². The van der Waals surface area contributed by atoms with Gasteiger partial charge in [0.2, 0.25) is 0 Å². The van der Waals surface area contributed by atoms with Crippen LogP contribution in [0.3, 0.4) is 0 Å². The lowest BCUT2D eigenvalue weighted by atomic mass is 10.1. The fourth-order valence-corrected chi connectivity index (χ4v) is 3.46. The number of H-pyrrole nitrogens is 1. The number of carbonyl (C=O) groups is 1. The first kappa shape index (κ1) is 21.2. The maximum absolute atomic E-state index is 12.7. The van der Waals surface area contributed by atoms with E-state index in [0.29, 0.717) is 5.56 Å². The van der Waals surface area contributed by atoms with Crippen molar-refractivity contribution in [2.45, 2.75) is 13.0 Å². The Morgan fingerprint density at radius 3 is 2.28 bits per heavy atom. The van der Waals surface area contributed by atoms with E-state index >= 15 is 0 Å². The van der Waals surface area contributed by atoms with Gasteiger partial charge < -0.3 is 14.8 Å². The molecule has 162 valence electrons. The van der Waals surface area contributed by atoms with E-state index in [9.17, 15) is 4.79 Å². The maximum atomic E-state index is 12.7. The van der Waals surface area contributed by atoms with Gasteiger partial charge in [-0.1, -0.05) is 36.4 Å². The second kappa shape index (κ2) is 9.39. The Morgan fingerprint density at radius 1 is 0.875 bits per heavy atom. The van der Waals surface area contributed by atoms with E-state index in [1.165, 1.54) is 0 Å². The van der Waals surface area contributed by atoms with Crippen molar-refractivity contribution in [2.24, 2.45) is 0 Å². The summed E-state index contributed by atoms with van der Waals surface area (Å²) in [6, 6.07) is 24.8. The number of hydrogen-bond donors (Lipinski definition) is 2. The number of amides is 1. The molecule has 2 N–H and O–H groups in total. The highest BCUT2D eigenvalue weighted by Gasteiger charge is 2.13. The highest BCUT2D eigenvalue weighted by molar-refractivity contribution is 5.94. The lowest BCUT2D eigenvalue weighted by molar-refractivity contribution is 0.0940. The zero-order chi connectivity index (χ0) is 22.5. The average Bonchev–Trinajstić information content (AvgIpc) is 3.34. The zero-order valence-corrected chi connectivity index (χ0v) is 18.3. The van der Waals surface area contributed by atoms with E-state index < -0.39 is 0 Å². The van der Waals surface area contributed by atoms with Crippen molar-refractivity contribution < 1.29 is 14.3 Å². The van der Waals surface area contributed by atoms with Crippen molar-refractivity contribution in [3.05, 3.63) is 90.0 Å². The molecule has 6 heteroatoms. The van der Waals surface area contributed by atoms with Crippen LogP contribution in [0.5, 0.6) is 11.5 Å². The fourth-order valence-electron chi connectivity index (χ4n) is 3.46. The van der Waals surface area contributed by atoms with Crippen molar-refractivity contribution in [1.29, 1.82) is 0 Å². The van der Waals surface area contributed by atoms with E-state index in [-0.39, 0.29) is 11.9 Å². The van der Waals surface area contributed by atoms with Crippen LogP contribution in [0.25, 0.3) is 22.5 Å². The van der Waals surface area contributed by atoms with Crippen molar-refractivity contribution in [3.63, 3.8) is 0 Å². The second-order valence-electron chi connectivity index (χ2n) is 7.44. The summed E-state index contributed by atoms with van der Waals surface area (Å²) in [5.41, 5.74) is 5.23. The molecule has 1 aromatic heterocycles. The van der Waals surface area contributed by atoms with Crippen molar-refractivity contribution in [3.8, 4) is 34.0 Å². The molecule has 32 heavy (non-hydrogen) atoms. The van der Waals surface area contributed by atoms with Crippen molar-refractivity contribution in [2.75, 3.05) is 14.2 Å². The summed E-state index contributed by atoms with van der Waals surface area (Å²) in [5.74, 6) is 1.45. The molecule has 0 saturated carbocycles. The molecule has 0 saturated heterocycles. The SMILES string of the molecule is COc1ccc([C@H](C)NC(=O)c2ccc(-c3cc(-c4cccc(OC)c4)n[nH]3)cc2)cc1. The van der Waals surface area contributed by atoms with Gasteiger partial charge >= 0.3 is 0 Å². The third kappa shape index (κ3) is 4.64. The van der Waals surface area contributed by atoms with Crippen LogP contribution in [0.2, 0.25) is 0 Å². The molecule has 0 fully saturated rings. The first-order chi connectivity index (χ1) is 15.6. The van der Waals surface area contributed by atoms with E-state index in [2.05, 4.69) is 15.5 Å². The number of hydrogen-bond acceptors (Lipinski definition) is 4. The number of methoxy groups -OCH3 is 2. The van der Waals surface area contributed by atoms with Crippen LogP contribution < -0.4 is 14.8 Å². The van der Waals surface area contributed by atoms with Gasteiger partial charge in [-0.05, 0) is 60.5 Å². The molecule has 1 amide bonds. The normalized spacial score (nSPS) is 11.6. The summed E-state index contributed by atoms with van der Waals surface area (Å²) < 4.78 is 10.5. The lowest BCUT2D eigenvalue weighted by Gasteiger charge is -2.15. The van der Waals surface area contributed by atoms with Gasteiger partial charge in [0.15, 0.2) is 0 Å². The van der Waals surface area contributed by atoms with Crippen LogP contribution in [0, 0.1) is 0 Å². The molecule has 0 aliphatic carbocycles. The smallest absolute Gasteiger partial charge is 0.251 e. The van der Waals surface area contributed by atoms with Crippen LogP contribution in [-0.2, 0) is 0 Å². The molecule has 0 aliphatic rings. The largest absolute Gasteiger partial charge is 0.497 e. The molecule has 4 aromatic rings. The van der Waals surface area contributed by atoms with Crippen molar-refractivity contribution >= 4 is 5.91 Å². The fraction of sp³-hybridized carbons (Fsp3) is 0.154. The number of rotatable bonds is 7. The topological polar surface area (TPSA) is 76.2 Å². The summed E-state index contributed by atoms with van der Waals surface area (Å²) >= 11 is 0. The molecule has 3 aromatic carbocycles. The summed E-state index contributed by atoms with van der Waals surface area (Å²) in [6.07, 6.45) is 0. The number of nitrogens with zero attached hydrogens (tertiary/aromatic N) is 1. The molecule has 6 nitrogen and oxygen atoms in total. The first-order valence-electron chi connectivity index (χ1n) is 10.3. The monoisotopic (exact) mass is 427 g/mol. The summed E-state index contributed by atoms with van der Waals surface area (Å²) in [6.45, 7) is 1.96. The Labute approximate surface area is 187 Å². The van der Waals surface area contributed by atoms with Gasteiger partial charge in [0.1, 0.15) is 11.5 Å². The Balaban J connectivity index is 1.44. The quantitative estimate of drug-likeness (QED) is 0.422. The number of ether oxygens (including phenoxy) is 2. The highest BCUT2D eigenvalue weighted by atomic mass is 16.5. The van der Waals surface area contributed by atoms with Gasteiger partial charge in [0, 0.05) is 11.1 Å². The number of aromatic amines is 1. The zero-order valence-electron chi connectivity index (χ0n) is 18.3. The summed E-state index contributed by atoms with van der Waals surface area (Å²) in [5, 5.41) is 10.5. The molecule has 0 aliphatic heterocycles. The number of nitrogens with one attached hydrogen (secondary N) is 2. The predicted octanol–water partition coefficient (Wildman–Crippen LogP) is 5.25. The van der Waals surface area contributed by atoms with Crippen LogP contribution in [0.4, 0.5) is 0 Å². The van der Waals surface area contributed by atoms with Crippen molar-refractivity contribution in [1.82, 2.24) is 15.5 Å². The van der Waals surface area contributed by atoms with Gasteiger partial charge in [0.25, 0.3) is 5.91 Å². The van der Waals surface area contributed by atoms with E-state index in [1.807, 2.05) is 85.8 Å². The summed E-state index contributed by atoms with van der Waals surface area (Å²) in [7, 11) is 3.28. The Kier molecular flexibility index (Phi) is 6.22. The molecule has 1 heterocycles. The van der Waals surface area contributed by atoms with E-state index in [0.717, 1.165) is 39.6 Å². The summed E-state index contributed by atoms with van der Waals surface area (Å²) in [4.78, 5) is 12.7. The van der Waals surface area contributed by atoms with E-state index in [4.69, 9.17) is 9.47 Å². The Hall–Kier alpha value is -4.06. The molecule has 4 rings (SSSR count). The molecule has 0 unspecified atom stereocenters. The predicted molar refractivity (Wildman–Crippen MR) is 125 cm³/mol. The number of carbonyl (C=O) groups excluding carboxylic acids is 1. The lowest BCUT2D eigenvalue weighted by Crippen LogP contribution is -2.26. The Morgan fingerprint density at radius 2 is 1.59 bits per heavy atom. The minimum Gasteiger partial charge on any atom is -0.497 e. The van der Waals surface area contributed by atoms with Gasteiger partial charge in [-0.3, -0.25) is 9.89 Å². The molecular weight excluding hydrogens is 402 g/mol. The van der Waals surface area contributed by atoms with Crippen LogP contribution >= 0.6 is 0 Å². The van der Waals surface area contributed by atoms with Gasteiger partial charge in [-0.2, -0.15) is 5.10 Å². The number of benzene rings is 3. The molecule has 0 bridgehead atoms. The van der Waals surface area contributed by atoms with Crippen LogP contribution in [-0.4, -0.2) is 30.3 Å². The molecule has 1 atom stereocenters. The second-order valence-corrected chi connectivity index (χ2v) is 7.44. The van der Waals surface area contributed by atoms with Gasteiger partial charge in [-0.15, -0.1) is 0 Å². The third-order valence-electron chi connectivity index (χ3n) is 5.36. The Bertz CT molecular complexity index is 1200. The molecule has 0 radical (unpaired) electrons. The van der Waals surface area contributed by atoms with Crippen LogP contribution in [0.1, 0.15) is 28.9 Å². The maximum Gasteiger partial charge on any atom is 0.251 e. The minimum atomic E-state index is -0.124. The third-order valence-corrected chi connectivity index (χ3v) is 5.36. The number of aromatic nitrogens is 2. The minimum absolute atomic E-state index is 0.119. The average molecular weight is 428 g/mol. The van der Waals surface area contributed by atoms with E-state index in [1.54, 1.807) is 14.2 Å². The first-order valence-corrected chi connectivity index (χ1v) is 10.3. The standard InChI is InChI=1S/C26H25N3O3/c1-17(18-11-13-22(31-2)14-12-18)27-26(30)20-9-7-19(8-10-20)24-16-25(29-28-24)21-5-4-6-23(15-21)32-3/h4-17H,1-3H3,(H,27,30)(H,28,29)/t17-/m0/s1. The van der Waals surface area contributed by atoms with Gasteiger partial charge in [-0.25, -0.2) is 0 Å². The molecular formula is C26H25N3O3. The molecule has 0 spiro atoms. The van der Waals surface area contributed by atoms with Gasteiger partial charge in [0.05, 0.1) is 31.6 Å². The highest BCUT2D eigenvalue weighted by Crippen LogP contribution is 2.26.